The van der Waals surface area contributed by atoms with Gasteiger partial charge in [-0.05, 0) is 24.2 Å². The number of anilines is 1. The van der Waals surface area contributed by atoms with Gasteiger partial charge in [0.05, 0.1) is 6.54 Å². The molecule has 2 heterocycles. The second-order valence-electron chi connectivity index (χ2n) is 6.42. The monoisotopic (exact) mass is 424 g/mol. The first-order chi connectivity index (χ1) is 13.3. The first kappa shape index (κ1) is 20.4. The Morgan fingerprint density at radius 3 is 2.54 bits per heavy atom. The standard InChI is InChI=1S/C18H22Cl2N6O2/c1-4-21-7-8-22-17-23-15-14(16(27)25(3)18(28)24(15)2)26(17)10-11-5-6-12(19)9-13(11)20/h5-6,9,21H,4,7-8,10H2,1-3H3,(H,22,23). The Labute approximate surface area is 171 Å². The Hall–Kier alpha value is -2.29. The summed E-state index contributed by atoms with van der Waals surface area (Å²) in [4.78, 5) is 29.6. The summed E-state index contributed by atoms with van der Waals surface area (Å²) in [7, 11) is 3.05. The van der Waals surface area contributed by atoms with Crippen molar-refractivity contribution >= 4 is 40.3 Å². The van der Waals surface area contributed by atoms with Gasteiger partial charge in [-0.25, -0.2) is 4.79 Å². The molecule has 28 heavy (non-hydrogen) atoms. The van der Waals surface area contributed by atoms with E-state index in [1.54, 1.807) is 23.7 Å². The summed E-state index contributed by atoms with van der Waals surface area (Å²) < 4.78 is 4.19. The van der Waals surface area contributed by atoms with Gasteiger partial charge in [0, 0.05) is 37.2 Å². The summed E-state index contributed by atoms with van der Waals surface area (Å²) in [5, 5.41) is 7.49. The lowest BCUT2D eigenvalue weighted by molar-refractivity contribution is 0.702. The van der Waals surface area contributed by atoms with Crippen LogP contribution in [0.1, 0.15) is 12.5 Å². The van der Waals surface area contributed by atoms with Crippen LogP contribution < -0.4 is 21.9 Å². The molecule has 0 bridgehead atoms. The van der Waals surface area contributed by atoms with E-state index < -0.39 is 11.2 Å². The maximum Gasteiger partial charge on any atom is 0.332 e. The minimum absolute atomic E-state index is 0.309. The van der Waals surface area contributed by atoms with Crippen LogP contribution in [0.5, 0.6) is 0 Å². The molecular formula is C18H22Cl2N6O2. The second kappa shape index (κ2) is 8.38. The van der Waals surface area contributed by atoms with Gasteiger partial charge in [0.1, 0.15) is 0 Å². The van der Waals surface area contributed by atoms with E-state index in [0.29, 0.717) is 40.2 Å². The van der Waals surface area contributed by atoms with Gasteiger partial charge in [-0.1, -0.05) is 36.2 Å². The van der Waals surface area contributed by atoms with E-state index in [1.165, 1.54) is 11.6 Å². The molecule has 1 aromatic carbocycles. The van der Waals surface area contributed by atoms with Crippen LogP contribution in [-0.4, -0.2) is 38.3 Å². The molecule has 0 unspecified atom stereocenters. The molecule has 0 amide bonds. The van der Waals surface area contributed by atoms with Crippen molar-refractivity contribution < 1.29 is 0 Å². The zero-order valence-corrected chi connectivity index (χ0v) is 17.4. The molecule has 2 aromatic heterocycles. The number of halogens is 2. The topological polar surface area (TPSA) is 85.9 Å². The van der Waals surface area contributed by atoms with E-state index in [0.717, 1.165) is 23.2 Å². The van der Waals surface area contributed by atoms with E-state index in [-0.39, 0.29) is 0 Å². The van der Waals surface area contributed by atoms with E-state index in [9.17, 15) is 9.59 Å². The lowest BCUT2D eigenvalue weighted by Crippen LogP contribution is -2.37. The number of rotatable bonds is 7. The highest BCUT2D eigenvalue weighted by Gasteiger charge is 2.19. The summed E-state index contributed by atoms with van der Waals surface area (Å²) in [6.45, 7) is 4.53. The third-order valence-corrected chi connectivity index (χ3v) is 5.11. The molecule has 3 aromatic rings. The molecule has 0 aliphatic carbocycles. The van der Waals surface area contributed by atoms with Gasteiger partial charge in [0.25, 0.3) is 5.56 Å². The average molecular weight is 425 g/mol. The lowest BCUT2D eigenvalue weighted by Gasteiger charge is -2.12. The zero-order valence-electron chi connectivity index (χ0n) is 15.9. The van der Waals surface area contributed by atoms with Crippen LogP contribution in [0.15, 0.2) is 27.8 Å². The molecule has 0 aliphatic rings. The quantitative estimate of drug-likeness (QED) is 0.564. The summed E-state index contributed by atoms with van der Waals surface area (Å²) in [6.07, 6.45) is 0. The van der Waals surface area contributed by atoms with Crippen molar-refractivity contribution in [2.75, 3.05) is 25.0 Å². The molecule has 0 fully saturated rings. The lowest BCUT2D eigenvalue weighted by atomic mass is 10.2. The number of imidazole rings is 1. The third-order valence-electron chi connectivity index (χ3n) is 4.53. The molecule has 2 N–H and O–H groups in total. The van der Waals surface area contributed by atoms with E-state index >= 15 is 0 Å². The maximum atomic E-state index is 12.8. The molecule has 0 radical (unpaired) electrons. The van der Waals surface area contributed by atoms with Gasteiger partial charge in [-0.2, -0.15) is 4.98 Å². The Kier molecular flexibility index (Phi) is 6.12. The normalized spacial score (nSPS) is 11.3. The average Bonchev–Trinajstić information content (AvgIpc) is 3.02. The molecule has 0 saturated heterocycles. The zero-order chi connectivity index (χ0) is 20.4. The SMILES string of the molecule is CCNCCNc1nc2c(c(=O)n(C)c(=O)n2C)n1Cc1ccc(Cl)cc1Cl. The minimum atomic E-state index is -0.425. The fraction of sp³-hybridized carbons (Fsp3) is 0.389. The van der Waals surface area contributed by atoms with Crippen LogP contribution in [0.2, 0.25) is 10.0 Å². The van der Waals surface area contributed by atoms with Crippen molar-refractivity contribution in [2.24, 2.45) is 14.1 Å². The van der Waals surface area contributed by atoms with Crippen molar-refractivity contribution in [2.45, 2.75) is 13.5 Å². The van der Waals surface area contributed by atoms with Gasteiger partial charge < -0.3 is 10.6 Å². The smallest absolute Gasteiger partial charge is 0.332 e. The predicted octanol–water partition coefficient (Wildman–Crippen LogP) is 1.81. The van der Waals surface area contributed by atoms with Gasteiger partial charge in [-0.3, -0.25) is 18.5 Å². The molecule has 10 heteroatoms. The molecule has 8 nitrogen and oxygen atoms in total. The van der Waals surface area contributed by atoms with Gasteiger partial charge in [-0.15, -0.1) is 0 Å². The highest BCUT2D eigenvalue weighted by Crippen LogP contribution is 2.24. The van der Waals surface area contributed by atoms with Crippen LogP contribution in [0.25, 0.3) is 11.2 Å². The first-order valence-electron chi connectivity index (χ1n) is 8.90. The highest BCUT2D eigenvalue weighted by molar-refractivity contribution is 6.35. The number of benzene rings is 1. The van der Waals surface area contributed by atoms with Crippen LogP contribution in [-0.2, 0) is 20.6 Å². The van der Waals surface area contributed by atoms with E-state index in [4.69, 9.17) is 23.2 Å². The fourth-order valence-electron chi connectivity index (χ4n) is 3.00. The molecule has 0 atom stereocenters. The molecule has 0 saturated carbocycles. The van der Waals surface area contributed by atoms with Crippen molar-refractivity contribution in [3.63, 3.8) is 0 Å². The number of likely N-dealkylation sites (N-methyl/N-ethyl adjacent to an activating group) is 1. The third kappa shape index (κ3) is 3.80. The molecule has 0 aliphatic heterocycles. The van der Waals surface area contributed by atoms with Crippen molar-refractivity contribution in [1.82, 2.24) is 24.0 Å². The molecule has 150 valence electrons. The summed E-state index contributed by atoms with van der Waals surface area (Å²) in [5.41, 5.74) is 0.614. The Morgan fingerprint density at radius 2 is 1.86 bits per heavy atom. The Morgan fingerprint density at radius 1 is 1.11 bits per heavy atom. The summed E-state index contributed by atoms with van der Waals surface area (Å²) in [5.74, 6) is 0.497. The van der Waals surface area contributed by atoms with Crippen LogP contribution in [0.4, 0.5) is 5.95 Å². The minimum Gasteiger partial charge on any atom is -0.354 e. The highest BCUT2D eigenvalue weighted by atomic mass is 35.5. The number of aryl methyl sites for hydroxylation is 1. The number of hydrogen-bond donors (Lipinski definition) is 2. The van der Waals surface area contributed by atoms with Crippen LogP contribution >= 0.6 is 23.2 Å². The van der Waals surface area contributed by atoms with Gasteiger partial charge >= 0.3 is 5.69 Å². The van der Waals surface area contributed by atoms with Gasteiger partial charge in [0.15, 0.2) is 11.2 Å². The number of nitrogens with zero attached hydrogens (tertiary/aromatic N) is 4. The molecule has 3 rings (SSSR count). The maximum absolute atomic E-state index is 12.8. The van der Waals surface area contributed by atoms with E-state index in [2.05, 4.69) is 15.6 Å². The number of aromatic nitrogens is 4. The summed E-state index contributed by atoms with van der Waals surface area (Å²) >= 11 is 12.3. The number of hydrogen-bond acceptors (Lipinski definition) is 5. The van der Waals surface area contributed by atoms with Crippen molar-refractivity contribution in [3.8, 4) is 0 Å². The van der Waals surface area contributed by atoms with Gasteiger partial charge in [0.2, 0.25) is 5.95 Å². The Balaban J connectivity index is 2.16. The molecule has 0 spiro atoms. The fourth-order valence-corrected chi connectivity index (χ4v) is 3.46. The predicted molar refractivity (Wildman–Crippen MR) is 113 cm³/mol. The number of nitrogens with one attached hydrogen (secondary N) is 2. The van der Waals surface area contributed by atoms with Crippen molar-refractivity contribution in [1.29, 1.82) is 0 Å². The molecular weight excluding hydrogens is 403 g/mol. The number of fused-ring (bicyclic) bond motifs is 1. The second-order valence-corrected chi connectivity index (χ2v) is 7.26. The largest absolute Gasteiger partial charge is 0.354 e. The van der Waals surface area contributed by atoms with Crippen molar-refractivity contribution in [3.05, 3.63) is 54.6 Å². The summed E-state index contributed by atoms with van der Waals surface area (Å²) in [6, 6.07) is 5.21. The van der Waals surface area contributed by atoms with Crippen LogP contribution in [0, 0.1) is 0 Å². The van der Waals surface area contributed by atoms with E-state index in [1.807, 2.05) is 13.0 Å². The Bertz CT molecular complexity index is 1130. The van der Waals surface area contributed by atoms with Crippen LogP contribution in [0.3, 0.4) is 0 Å². The first-order valence-corrected chi connectivity index (χ1v) is 9.65.